The molecule has 210 valence electrons. The highest BCUT2D eigenvalue weighted by molar-refractivity contribution is 7.87. The number of benzene rings is 1. The highest BCUT2D eigenvalue weighted by atomic mass is 35.5. The monoisotopic (exact) mass is 581 g/mol. The van der Waals surface area contributed by atoms with Crippen molar-refractivity contribution in [3.05, 3.63) is 46.6 Å². The number of amides is 1. The second kappa shape index (κ2) is 12.8. The molecule has 0 radical (unpaired) electrons. The van der Waals surface area contributed by atoms with E-state index in [2.05, 4.69) is 4.98 Å². The highest BCUT2D eigenvalue weighted by Gasteiger charge is 2.32. The van der Waals surface area contributed by atoms with Crippen LogP contribution in [-0.4, -0.2) is 57.2 Å². The van der Waals surface area contributed by atoms with E-state index in [1.165, 1.54) is 29.6 Å². The van der Waals surface area contributed by atoms with Gasteiger partial charge in [0.15, 0.2) is 0 Å². The molecule has 2 aromatic rings. The minimum Gasteiger partial charge on any atom is -0.491 e. The van der Waals surface area contributed by atoms with Crippen LogP contribution < -0.4 is 14.2 Å². The van der Waals surface area contributed by atoms with Gasteiger partial charge in [-0.15, -0.1) is 0 Å². The number of pyridine rings is 1. The number of alkyl halides is 3. The number of aromatic nitrogens is 1. The minimum atomic E-state index is -4.65. The van der Waals surface area contributed by atoms with Crippen molar-refractivity contribution in [2.75, 3.05) is 33.4 Å². The molecule has 1 aliphatic rings. The summed E-state index contributed by atoms with van der Waals surface area (Å²) in [6, 6.07) is 5.07. The average molecular weight is 582 g/mol. The first-order valence-corrected chi connectivity index (χ1v) is 13.3. The van der Waals surface area contributed by atoms with Crippen molar-refractivity contribution in [3.63, 3.8) is 0 Å². The summed E-state index contributed by atoms with van der Waals surface area (Å²) in [5.41, 5.74) is -0.822. The smallest absolute Gasteiger partial charge is 0.422 e. The quantitative estimate of drug-likeness (QED) is 0.399. The lowest BCUT2D eigenvalue weighted by Gasteiger charge is -2.28. The number of hydrogen-bond donors (Lipinski definition) is 1. The van der Waals surface area contributed by atoms with Crippen molar-refractivity contribution in [2.24, 2.45) is 5.92 Å². The van der Waals surface area contributed by atoms with Crippen LogP contribution in [0.25, 0.3) is 0 Å². The Morgan fingerprint density at radius 3 is 2.55 bits per heavy atom. The van der Waals surface area contributed by atoms with Gasteiger partial charge in [-0.2, -0.15) is 25.9 Å². The zero-order chi connectivity index (χ0) is 27.9. The Morgan fingerprint density at radius 1 is 1.21 bits per heavy atom. The number of piperidine rings is 1. The summed E-state index contributed by atoms with van der Waals surface area (Å²) in [6.45, 7) is 2.63. The van der Waals surface area contributed by atoms with E-state index in [0.29, 0.717) is 36.8 Å². The Kier molecular flexibility index (Phi) is 10.0. The fraction of sp³-hybridized carbons (Fsp3) is 0.478. The SMILES string of the molecule is COCCOc1ccc(COC(=O)NS(=O)(=O)N2CCC(C)CC2)c(Oc2ncc(C(F)(F)F)cc2Cl)c1. The molecular weight excluding hydrogens is 555 g/mol. The molecule has 3 rings (SSSR count). The number of hydrogen-bond acceptors (Lipinski definition) is 8. The molecular formula is C23H27ClF3N3O7S. The number of rotatable bonds is 10. The lowest BCUT2D eigenvalue weighted by molar-refractivity contribution is -0.137. The van der Waals surface area contributed by atoms with Gasteiger partial charge >= 0.3 is 22.5 Å². The number of nitrogens with one attached hydrogen (secondary N) is 1. The van der Waals surface area contributed by atoms with Gasteiger partial charge in [-0.3, -0.25) is 0 Å². The van der Waals surface area contributed by atoms with Gasteiger partial charge in [0, 0.05) is 38.0 Å². The van der Waals surface area contributed by atoms with Gasteiger partial charge in [0.2, 0.25) is 5.88 Å². The average Bonchev–Trinajstić information content (AvgIpc) is 2.84. The molecule has 0 saturated carbocycles. The maximum atomic E-state index is 13.0. The van der Waals surface area contributed by atoms with Crippen LogP contribution in [0.2, 0.25) is 5.02 Å². The lowest BCUT2D eigenvalue weighted by Crippen LogP contribution is -2.46. The molecule has 1 N–H and O–H groups in total. The topological polar surface area (TPSA) is 116 Å². The maximum absolute atomic E-state index is 13.0. The normalized spacial score (nSPS) is 15.2. The largest absolute Gasteiger partial charge is 0.491 e. The van der Waals surface area contributed by atoms with Crippen LogP contribution in [0, 0.1) is 5.92 Å². The van der Waals surface area contributed by atoms with E-state index in [4.69, 9.17) is 30.5 Å². The van der Waals surface area contributed by atoms with E-state index >= 15 is 0 Å². The third-order valence-corrected chi connectivity index (χ3v) is 7.33. The molecule has 38 heavy (non-hydrogen) atoms. The van der Waals surface area contributed by atoms with Gasteiger partial charge in [0.25, 0.3) is 0 Å². The number of methoxy groups -OCH3 is 1. The predicted molar refractivity (Wildman–Crippen MR) is 130 cm³/mol. The van der Waals surface area contributed by atoms with Gasteiger partial charge in [-0.05, 0) is 37.0 Å². The number of halogens is 4. The summed E-state index contributed by atoms with van der Waals surface area (Å²) < 4.78 is 88.1. The summed E-state index contributed by atoms with van der Waals surface area (Å²) in [5.74, 6) is 0.382. The van der Waals surface area contributed by atoms with E-state index < -0.39 is 39.7 Å². The molecule has 15 heteroatoms. The van der Waals surface area contributed by atoms with Crippen molar-refractivity contribution in [1.29, 1.82) is 0 Å². The molecule has 1 aromatic heterocycles. The Bertz CT molecular complexity index is 1220. The molecule has 0 aliphatic carbocycles. The molecule has 0 spiro atoms. The fourth-order valence-electron chi connectivity index (χ4n) is 3.41. The van der Waals surface area contributed by atoms with Gasteiger partial charge in [-0.1, -0.05) is 18.5 Å². The van der Waals surface area contributed by atoms with E-state index in [1.807, 2.05) is 11.6 Å². The molecule has 2 heterocycles. The van der Waals surface area contributed by atoms with Crippen molar-refractivity contribution >= 4 is 27.9 Å². The fourth-order valence-corrected chi connectivity index (χ4v) is 4.70. The van der Waals surface area contributed by atoms with Gasteiger partial charge in [0.05, 0.1) is 12.2 Å². The highest BCUT2D eigenvalue weighted by Crippen LogP contribution is 2.36. The molecule has 10 nitrogen and oxygen atoms in total. The van der Waals surface area contributed by atoms with Crippen molar-refractivity contribution in [1.82, 2.24) is 14.0 Å². The molecule has 1 aliphatic heterocycles. The predicted octanol–water partition coefficient (Wildman–Crippen LogP) is 4.77. The Balaban J connectivity index is 1.74. The van der Waals surface area contributed by atoms with E-state index in [1.54, 1.807) is 0 Å². The summed E-state index contributed by atoms with van der Waals surface area (Å²) in [6.07, 6.45) is -3.94. The van der Waals surface area contributed by atoms with Gasteiger partial charge in [-0.25, -0.2) is 14.5 Å². The molecule has 0 unspecified atom stereocenters. The van der Waals surface area contributed by atoms with Crippen molar-refractivity contribution in [2.45, 2.75) is 32.5 Å². The third kappa shape index (κ3) is 8.35. The van der Waals surface area contributed by atoms with Crippen molar-refractivity contribution < 1.29 is 45.3 Å². The van der Waals surface area contributed by atoms with E-state index in [0.717, 1.165) is 0 Å². The number of ether oxygens (including phenoxy) is 4. The van der Waals surface area contributed by atoms with E-state index in [-0.39, 0.29) is 43.5 Å². The van der Waals surface area contributed by atoms with E-state index in [9.17, 15) is 26.4 Å². The number of carbonyl (C=O) groups is 1. The summed E-state index contributed by atoms with van der Waals surface area (Å²) >= 11 is 5.96. The van der Waals surface area contributed by atoms with Crippen LogP contribution >= 0.6 is 11.6 Å². The van der Waals surface area contributed by atoms with Crippen LogP contribution in [0.3, 0.4) is 0 Å². The molecule has 0 bridgehead atoms. The summed E-state index contributed by atoms with van der Waals surface area (Å²) in [4.78, 5) is 15.9. The Hall–Kier alpha value is -2.81. The summed E-state index contributed by atoms with van der Waals surface area (Å²) in [5, 5.41) is -0.405. The number of nitrogens with zero attached hydrogens (tertiary/aromatic N) is 2. The zero-order valence-corrected chi connectivity index (χ0v) is 22.2. The third-order valence-electron chi connectivity index (χ3n) is 5.59. The second-order valence-corrected chi connectivity index (χ2v) is 10.6. The standard InChI is InChI=1S/C23H27ClF3N3O7S/c1-15-5-7-30(8-6-15)38(32,33)29-22(31)36-14-16-3-4-18(35-10-9-34-2)12-20(16)37-21-19(24)11-17(13-28-21)23(25,26)27/h3-4,11-13,15H,5-10,14H2,1-2H3,(H,29,31). The van der Waals surface area contributed by atoms with Crippen LogP contribution in [0.1, 0.15) is 30.9 Å². The van der Waals surface area contributed by atoms with Crippen LogP contribution in [0.4, 0.5) is 18.0 Å². The molecule has 1 aromatic carbocycles. The van der Waals surface area contributed by atoms with Crippen molar-refractivity contribution in [3.8, 4) is 17.4 Å². The maximum Gasteiger partial charge on any atom is 0.422 e. The number of carbonyl (C=O) groups excluding carboxylic acids is 1. The molecule has 1 saturated heterocycles. The first kappa shape index (κ1) is 29.7. The van der Waals surface area contributed by atoms with Crippen LogP contribution in [-0.2, 0) is 32.5 Å². The zero-order valence-electron chi connectivity index (χ0n) is 20.6. The van der Waals surface area contributed by atoms with Gasteiger partial charge < -0.3 is 18.9 Å². The Morgan fingerprint density at radius 2 is 1.92 bits per heavy atom. The lowest BCUT2D eigenvalue weighted by atomic mass is 10.0. The first-order chi connectivity index (χ1) is 17.9. The van der Waals surface area contributed by atoms with Gasteiger partial charge in [0.1, 0.15) is 29.7 Å². The Labute approximate surface area is 223 Å². The molecule has 1 fully saturated rings. The van der Waals surface area contributed by atoms with Crippen LogP contribution in [0.5, 0.6) is 17.4 Å². The first-order valence-electron chi connectivity index (χ1n) is 11.5. The molecule has 1 amide bonds. The second-order valence-electron chi connectivity index (χ2n) is 8.49. The minimum absolute atomic E-state index is 0.00903. The molecule has 0 atom stereocenters. The summed E-state index contributed by atoms with van der Waals surface area (Å²) in [7, 11) is -2.59. The van der Waals surface area contributed by atoms with Crippen LogP contribution in [0.15, 0.2) is 30.5 Å².